The Morgan fingerprint density at radius 1 is 1.33 bits per heavy atom. The lowest BCUT2D eigenvalue weighted by Gasteiger charge is -2.05. The lowest BCUT2D eigenvalue weighted by atomic mass is 10.2. The molecule has 2 aromatic heterocycles. The molecule has 0 atom stereocenters. The molecule has 0 aliphatic rings. The first-order valence-corrected chi connectivity index (χ1v) is 6.12. The number of amides is 1. The van der Waals surface area contributed by atoms with Crippen LogP contribution in [0.25, 0.3) is 5.65 Å². The Bertz CT molecular complexity index is 844. The van der Waals surface area contributed by atoms with E-state index in [0.717, 1.165) is 12.1 Å². The smallest absolute Gasteiger partial charge is 0.261 e. The maximum Gasteiger partial charge on any atom is 0.261 e. The van der Waals surface area contributed by atoms with Crippen molar-refractivity contribution in [1.82, 2.24) is 14.6 Å². The molecule has 0 saturated carbocycles. The maximum atomic E-state index is 13.6. The van der Waals surface area contributed by atoms with Crippen LogP contribution in [0, 0.1) is 18.6 Å². The Labute approximate surface area is 118 Å². The summed E-state index contributed by atoms with van der Waals surface area (Å²) in [5.74, 6) is -2.10. The molecule has 7 heteroatoms. The van der Waals surface area contributed by atoms with Gasteiger partial charge in [0.2, 0.25) is 0 Å². The van der Waals surface area contributed by atoms with Crippen LogP contribution in [0.3, 0.4) is 0 Å². The largest absolute Gasteiger partial charge is 0.319 e. The second-order valence-electron chi connectivity index (χ2n) is 4.43. The summed E-state index contributed by atoms with van der Waals surface area (Å²) in [6.45, 7) is 1.66. The molecule has 106 valence electrons. The number of aromatic nitrogens is 3. The molecule has 0 bridgehead atoms. The lowest BCUT2D eigenvalue weighted by molar-refractivity contribution is 0.102. The fourth-order valence-corrected chi connectivity index (χ4v) is 2.04. The van der Waals surface area contributed by atoms with Crippen molar-refractivity contribution in [2.75, 3.05) is 5.32 Å². The van der Waals surface area contributed by atoms with Gasteiger partial charge in [-0.25, -0.2) is 18.3 Å². The molecule has 0 saturated heterocycles. The van der Waals surface area contributed by atoms with Crippen LogP contribution in [0.1, 0.15) is 16.1 Å². The second kappa shape index (κ2) is 4.93. The van der Waals surface area contributed by atoms with Crippen LogP contribution in [0.4, 0.5) is 14.5 Å². The summed E-state index contributed by atoms with van der Waals surface area (Å²) in [5.41, 5.74) is 0.985. The summed E-state index contributed by atoms with van der Waals surface area (Å²) in [5, 5.41) is 6.55. The SMILES string of the molecule is Cc1nn2cccnc2c1C(=O)Nc1ccc(F)cc1F. The van der Waals surface area contributed by atoms with Crippen molar-refractivity contribution in [3.05, 3.63) is 59.6 Å². The summed E-state index contributed by atoms with van der Waals surface area (Å²) in [4.78, 5) is 16.4. The van der Waals surface area contributed by atoms with Crippen LogP contribution in [-0.2, 0) is 0 Å². The number of nitrogens with one attached hydrogen (secondary N) is 1. The minimum Gasteiger partial charge on any atom is -0.319 e. The van der Waals surface area contributed by atoms with Crippen molar-refractivity contribution >= 4 is 17.2 Å². The van der Waals surface area contributed by atoms with Crippen LogP contribution in [0.15, 0.2) is 36.7 Å². The van der Waals surface area contributed by atoms with E-state index in [4.69, 9.17) is 0 Å². The van der Waals surface area contributed by atoms with Crippen molar-refractivity contribution < 1.29 is 13.6 Å². The summed E-state index contributed by atoms with van der Waals surface area (Å²) < 4.78 is 27.9. The van der Waals surface area contributed by atoms with Crippen LogP contribution >= 0.6 is 0 Å². The number of hydrogen-bond donors (Lipinski definition) is 1. The van der Waals surface area contributed by atoms with Crippen LogP contribution in [-0.4, -0.2) is 20.5 Å². The zero-order chi connectivity index (χ0) is 15.0. The number of carbonyl (C=O) groups is 1. The van der Waals surface area contributed by atoms with E-state index in [0.29, 0.717) is 17.4 Å². The van der Waals surface area contributed by atoms with Gasteiger partial charge in [-0.1, -0.05) is 0 Å². The average Bonchev–Trinajstić information content (AvgIpc) is 2.77. The molecular weight excluding hydrogens is 278 g/mol. The molecule has 3 rings (SSSR count). The minimum atomic E-state index is -0.842. The Hall–Kier alpha value is -2.83. The molecule has 5 nitrogen and oxygen atoms in total. The van der Waals surface area contributed by atoms with Gasteiger partial charge in [-0.3, -0.25) is 4.79 Å². The minimum absolute atomic E-state index is 0.101. The molecule has 2 heterocycles. The van der Waals surface area contributed by atoms with E-state index < -0.39 is 17.5 Å². The van der Waals surface area contributed by atoms with Gasteiger partial charge in [-0.2, -0.15) is 5.10 Å². The Balaban J connectivity index is 1.99. The number of benzene rings is 1. The topological polar surface area (TPSA) is 59.3 Å². The quantitative estimate of drug-likeness (QED) is 0.788. The zero-order valence-electron chi connectivity index (χ0n) is 11.0. The molecule has 0 spiro atoms. The highest BCUT2D eigenvalue weighted by Gasteiger charge is 2.19. The van der Waals surface area contributed by atoms with E-state index in [1.807, 2.05) is 0 Å². The molecule has 21 heavy (non-hydrogen) atoms. The predicted molar refractivity (Wildman–Crippen MR) is 72.0 cm³/mol. The number of anilines is 1. The van der Waals surface area contributed by atoms with Crippen molar-refractivity contribution in [3.63, 3.8) is 0 Å². The predicted octanol–water partition coefficient (Wildman–Crippen LogP) is 2.57. The summed E-state index contributed by atoms with van der Waals surface area (Å²) in [7, 11) is 0. The summed E-state index contributed by atoms with van der Waals surface area (Å²) in [6, 6.07) is 4.62. The number of hydrogen-bond acceptors (Lipinski definition) is 3. The molecule has 0 unspecified atom stereocenters. The highest BCUT2D eigenvalue weighted by Crippen LogP contribution is 2.18. The third-order valence-electron chi connectivity index (χ3n) is 2.98. The zero-order valence-corrected chi connectivity index (χ0v) is 11.0. The number of carbonyl (C=O) groups excluding carboxylic acids is 1. The summed E-state index contributed by atoms with van der Waals surface area (Å²) in [6.07, 6.45) is 3.19. The molecule has 1 aromatic carbocycles. The van der Waals surface area contributed by atoms with E-state index in [-0.39, 0.29) is 11.3 Å². The van der Waals surface area contributed by atoms with E-state index in [1.54, 1.807) is 19.2 Å². The van der Waals surface area contributed by atoms with E-state index >= 15 is 0 Å². The van der Waals surface area contributed by atoms with Gasteiger partial charge in [0.25, 0.3) is 5.91 Å². The Kier molecular flexibility index (Phi) is 3.09. The summed E-state index contributed by atoms with van der Waals surface area (Å²) >= 11 is 0. The van der Waals surface area contributed by atoms with Crippen LogP contribution in [0.5, 0.6) is 0 Å². The fraction of sp³-hybridized carbons (Fsp3) is 0.0714. The third-order valence-corrected chi connectivity index (χ3v) is 2.98. The average molecular weight is 288 g/mol. The maximum absolute atomic E-state index is 13.6. The first-order valence-electron chi connectivity index (χ1n) is 6.12. The van der Waals surface area contributed by atoms with Gasteiger partial charge in [-0.05, 0) is 25.1 Å². The van der Waals surface area contributed by atoms with Gasteiger partial charge in [-0.15, -0.1) is 0 Å². The van der Waals surface area contributed by atoms with E-state index in [9.17, 15) is 13.6 Å². The Morgan fingerprint density at radius 3 is 2.90 bits per heavy atom. The molecular formula is C14H10F2N4O. The highest BCUT2D eigenvalue weighted by molar-refractivity contribution is 6.09. The number of aryl methyl sites for hydroxylation is 1. The number of halogens is 2. The number of fused-ring (bicyclic) bond motifs is 1. The van der Waals surface area contributed by atoms with Gasteiger partial charge in [0.05, 0.1) is 11.4 Å². The number of rotatable bonds is 2. The molecule has 0 aliphatic carbocycles. The van der Waals surface area contributed by atoms with Gasteiger partial charge in [0.1, 0.15) is 17.2 Å². The van der Waals surface area contributed by atoms with Gasteiger partial charge in [0.15, 0.2) is 5.65 Å². The third kappa shape index (κ3) is 2.33. The first-order chi connectivity index (χ1) is 10.1. The first kappa shape index (κ1) is 13.2. The van der Waals surface area contributed by atoms with Gasteiger partial charge in [0, 0.05) is 18.5 Å². The molecule has 1 amide bonds. The Morgan fingerprint density at radius 2 is 2.14 bits per heavy atom. The second-order valence-corrected chi connectivity index (χ2v) is 4.43. The fourth-order valence-electron chi connectivity index (χ4n) is 2.04. The molecule has 3 aromatic rings. The lowest BCUT2D eigenvalue weighted by Crippen LogP contribution is -2.14. The van der Waals surface area contributed by atoms with Gasteiger partial charge < -0.3 is 5.32 Å². The monoisotopic (exact) mass is 288 g/mol. The van der Waals surface area contributed by atoms with Gasteiger partial charge >= 0.3 is 0 Å². The normalized spacial score (nSPS) is 10.8. The van der Waals surface area contributed by atoms with Crippen LogP contribution in [0.2, 0.25) is 0 Å². The molecule has 1 N–H and O–H groups in total. The van der Waals surface area contributed by atoms with Crippen molar-refractivity contribution in [2.24, 2.45) is 0 Å². The highest BCUT2D eigenvalue weighted by atomic mass is 19.1. The standard InChI is InChI=1S/C14H10F2N4O/c1-8-12(13-17-5-2-6-20(13)19-8)14(21)18-11-4-3-9(15)7-10(11)16/h2-7H,1H3,(H,18,21). The molecule has 0 aliphatic heterocycles. The van der Waals surface area contributed by atoms with E-state index in [1.165, 1.54) is 10.7 Å². The van der Waals surface area contributed by atoms with Crippen LogP contribution < -0.4 is 5.32 Å². The molecule has 0 fully saturated rings. The number of nitrogens with zero attached hydrogens (tertiary/aromatic N) is 3. The molecule has 0 radical (unpaired) electrons. The van der Waals surface area contributed by atoms with Crippen molar-refractivity contribution in [2.45, 2.75) is 6.92 Å². The van der Waals surface area contributed by atoms with E-state index in [2.05, 4.69) is 15.4 Å². The van der Waals surface area contributed by atoms with Crippen molar-refractivity contribution in [3.8, 4) is 0 Å². The van der Waals surface area contributed by atoms with Crippen molar-refractivity contribution in [1.29, 1.82) is 0 Å².